The topological polar surface area (TPSA) is 52.2 Å². The Labute approximate surface area is 152 Å². The van der Waals surface area contributed by atoms with Crippen LogP contribution in [0, 0.1) is 5.82 Å². The molecule has 25 heavy (non-hydrogen) atoms. The van der Waals surface area contributed by atoms with Crippen LogP contribution < -0.4 is 10.0 Å². The van der Waals surface area contributed by atoms with Gasteiger partial charge in [-0.15, -0.1) is 4.72 Å². The molecule has 0 aliphatic carbocycles. The van der Waals surface area contributed by atoms with E-state index in [-0.39, 0.29) is 11.9 Å². The second-order valence-corrected chi connectivity index (χ2v) is 12.6. The molecular weight excluding hydrogens is 356 g/mol. The smallest absolute Gasteiger partial charge is 0.136 e. The van der Waals surface area contributed by atoms with Crippen molar-refractivity contribution in [1.82, 2.24) is 4.72 Å². The average Bonchev–Trinajstić information content (AvgIpc) is 2.52. The van der Waals surface area contributed by atoms with Crippen LogP contribution in [0.4, 0.5) is 4.39 Å². The van der Waals surface area contributed by atoms with Crippen molar-refractivity contribution < 1.29 is 13.5 Å². The summed E-state index contributed by atoms with van der Waals surface area (Å²) >= 11 is -1.29. The predicted molar refractivity (Wildman–Crippen MR) is 105 cm³/mol. The standard InChI is InChI=1S/C19H25FNO2PS/c1-19(2,3)25(23)21-18(14-6-10-16(20)11-7-14)15-8-12-17(13-9-15)24(4,5)22/h6-13,18,21H,1-5H3/t18-,25?/m1/s1. The molecule has 0 fully saturated rings. The fourth-order valence-corrected chi connectivity index (χ4v) is 4.00. The first kappa shape index (κ1) is 20.2. The molecular formula is C19H25FNO2PS. The van der Waals surface area contributed by atoms with E-state index in [0.29, 0.717) is 0 Å². The highest BCUT2D eigenvalue weighted by Gasteiger charge is 2.30. The van der Waals surface area contributed by atoms with E-state index >= 15 is 0 Å². The number of halogens is 1. The molecule has 2 atom stereocenters. The third kappa shape index (κ3) is 5.42. The van der Waals surface area contributed by atoms with Crippen LogP contribution >= 0.6 is 7.14 Å². The molecule has 0 heterocycles. The molecule has 6 heteroatoms. The van der Waals surface area contributed by atoms with Gasteiger partial charge in [0.25, 0.3) is 0 Å². The Morgan fingerprint density at radius 2 is 1.44 bits per heavy atom. The summed E-state index contributed by atoms with van der Waals surface area (Å²) in [5.74, 6) is -0.312. The van der Waals surface area contributed by atoms with Crippen LogP contribution in [0.1, 0.15) is 37.9 Å². The predicted octanol–water partition coefficient (Wildman–Crippen LogP) is 4.21. The molecule has 0 saturated carbocycles. The van der Waals surface area contributed by atoms with Gasteiger partial charge in [-0.2, -0.15) is 0 Å². The molecule has 136 valence electrons. The van der Waals surface area contributed by atoms with Gasteiger partial charge < -0.3 is 9.12 Å². The Hall–Kier alpha value is -1.13. The van der Waals surface area contributed by atoms with E-state index in [1.807, 2.05) is 45.0 Å². The number of hydrogen-bond acceptors (Lipinski definition) is 3. The van der Waals surface area contributed by atoms with Crippen LogP contribution in [-0.2, 0) is 15.9 Å². The lowest BCUT2D eigenvalue weighted by atomic mass is 10.00. The summed E-state index contributed by atoms with van der Waals surface area (Å²) in [5.41, 5.74) is 1.71. The zero-order valence-electron chi connectivity index (χ0n) is 15.2. The molecule has 0 aromatic heterocycles. The van der Waals surface area contributed by atoms with Crippen molar-refractivity contribution in [2.24, 2.45) is 0 Å². The van der Waals surface area contributed by atoms with E-state index in [2.05, 4.69) is 4.72 Å². The van der Waals surface area contributed by atoms with E-state index in [1.54, 1.807) is 25.5 Å². The van der Waals surface area contributed by atoms with Gasteiger partial charge in [-0.3, -0.25) is 0 Å². The van der Waals surface area contributed by atoms with Crippen molar-refractivity contribution in [2.75, 3.05) is 13.3 Å². The molecule has 0 bridgehead atoms. The van der Waals surface area contributed by atoms with E-state index in [0.717, 1.165) is 16.4 Å². The Balaban J connectivity index is 2.40. The van der Waals surface area contributed by atoms with Gasteiger partial charge in [0.05, 0.1) is 0 Å². The Morgan fingerprint density at radius 1 is 1.00 bits per heavy atom. The fraction of sp³-hybridized carbons (Fsp3) is 0.368. The Bertz CT molecular complexity index is 750. The van der Waals surface area contributed by atoms with Crippen LogP contribution in [0.5, 0.6) is 0 Å². The van der Waals surface area contributed by atoms with Crippen LogP contribution in [0.3, 0.4) is 0 Å². The van der Waals surface area contributed by atoms with Crippen molar-refractivity contribution in [3.63, 3.8) is 0 Å². The molecule has 0 aliphatic heterocycles. The minimum absolute atomic E-state index is 0.312. The summed E-state index contributed by atoms with van der Waals surface area (Å²) in [5, 5.41) is 0.797. The highest BCUT2D eigenvalue weighted by atomic mass is 32.2. The highest BCUT2D eigenvalue weighted by Crippen LogP contribution is 2.35. The molecule has 0 aliphatic rings. The minimum atomic E-state index is -2.33. The molecule has 3 nitrogen and oxygen atoms in total. The third-order valence-electron chi connectivity index (χ3n) is 3.83. The maximum atomic E-state index is 13.3. The van der Waals surface area contributed by atoms with Gasteiger partial charge in [0, 0.05) is 16.7 Å². The summed E-state index contributed by atoms with van der Waals surface area (Å²) in [6, 6.07) is 13.3. The molecule has 1 N–H and O–H groups in total. The molecule has 2 rings (SSSR count). The number of hydrogen-bond donors (Lipinski definition) is 1. The Kier molecular flexibility index (Phi) is 6.16. The first-order chi connectivity index (χ1) is 11.5. The maximum absolute atomic E-state index is 13.3. The van der Waals surface area contributed by atoms with Crippen molar-refractivity contribution in [3.8, 4) is 0 Å². The van der Waals surface area contributed by atoms with Gasteiger partial charge in [-0.05, 0) is 57.4 Å². The zero-order valence-corrected chi connectivity index (χ0v) is 17.0. The first-order valence-electron chi connectivity index (χ1n) is 8.07. The highest BCUT2D eigenvalue weighted by molar-refractivity contribution is 7.90. The van der Waals surface area contributed by atoms with Crippen LogP contribution in [0.15, 0.2) is 48.5 Å². The van der Waals surface area contributed by atoms with Gasteiger partial charge in [0.1, 0.15) is 23.7 Å². The van der Waals surface area contributed by atoms with Crippen LogP contribution in [0.2, 0.25) is 0 Å². The lowest BCUT2D eigenvalue weighted by Crippen LogP contribution is -2.41. The van der Waals surface area contributed by atoms with Crippen LogP contribution in [0.25, 0.3) is 0 Å². The second kappa shape index (κ2) is 7.63. The Morgan fingerprint density at radius 3 is 1.84 bits per heavy atom. The van der Waals surface area contributed by atoms with Crippen molar-refractivity contribution in [3.05, 3.63) is 65.5 Å². The summed E-state index contributed by atoms with van der Waals surface area (Å²) in [4.78, 5) is 0. The van der Waals surface area contributed by atoms with Gasteiger partial charge in [0.2, 0.25) is 0 Å². The number of benzene rings is 2. The molecule has 0 radical (unpaired) electrons. The van der Waals surface area contributed by atoms with Gasteiger partial charge in [-0.1, -0.05) is 36.4 Å². The molecule has 2 aromatic carbocycles. The molecule has 0 spiro atoms. The first-order valence-corrected chi connectivity index (χ1v) is 11.8. The SMILES string of the molecule is CC(C)(C)[S+]([O-])N[C@H](c1ccc(F)cc1)c1ccc(P(C)(C)=O)cc1. The van der Waals surface area contributed by atoms with Gasteiger partial charge >= 0.3 is 0 Å². The number of rotatable bonds is 5. The van der Waals surface area contributed by atoms with E-state index in [9.17, 15) is 13.5 Å². The van der Waals surface area contributed by atoms with E-state index in [4.69, 9.17) is 0 Å². The summed E-state index contributed by atoms with van der Waals surface area (Å²) in [7, 11) is -2.33. The summed E-state index contributed by atoms with van der Waals surface area (Å²) in [6.07, 6.45) is 0. The normalized spacial score (nSPS) is 15.0. The van der Waals surface area contributed by atoms with Crippen molar-refractivity contribution in [1.29, 1.82) is 0 Å². The lowest BCUT2D eigenvalue weighted by Gasteiger charge is -2.28. The fourth-order valence-electron chi connectivity index (χ4n) is 2.29. The van der Waals surface area contributed by atoms with Gasteiger partial charge in [0.15, 0.2) is 0 Å². The monoisotopic (exact) mass is 381 g/mol. The van der Waals surface area contributed by atoms with Gasteiger partial charge in [-0.25, -0.2) is 4.39 Å². The third-order valence-corrected chi connectivity index (χ3v) is 6.94. The van der Waals surface area contributed by atoms with Crippen molar-refractivity contribution in [2.45, 2.75) is 31.6 Å². The van der Waals surface area contributed by atoms with E-state index < -0.39 is 23.3 Å². The molecule has 1 unspecified atom stereocenters. The lowest BCUT2D eigenvalue weighted by molar-refractivity contribution is 0.535. The van der Waals surface area contributed by atoms with E-state index in [1.165, 1.54) is 12.1 Å². The molecule has 2 aromatic rings. The quantitative estimate of drug-likeness (QED) is 0.623. The second-order valence-electron chi connectivity index (χ2n) is 7.43. The largest absolute Gasteiger partial charge is 0.598 e. The van der Waals surface area contributed by atoms with Crippen molar-refractivity contribution >= 4 is 23.8 Å². The number of nitrogens with one attached hydrogen (secondary N) is 1. The molecule has 0 amide bonds. The molecule has 0 saturated heterocycles. The average molecular weight is 381 g/mol. The zero-order chi connectivity index (χ0) is 18.8. The summed E-state index contributed by atoms with van der Waals surface area (Å²) < 4.78 is 40.8. The summed E-state index contributed by atoms with van der Waals surface area (Å²) in [6.45, 7) is 9.14. The van der Waals surface area contributed by atoms with Crippen LogP contribution in [-0.4, -0.2) is 22.6 Å². The maximum Gasteiger partial charge on any atom is 0.136 e. The minimum Gasteiger partial charge on any atom is -0.598 e.